The van der Waals surface area contributed by atoms with Crippen molar-refractivity contribution in [3.8, 4) is 0 Å². The summed E-state index contributed by atoms with van der Waals surface area (Å²) in [5.41, 5.74) is -0.108. The first kappa shape index (κ1) is 22.1. The van der Waals surface area contributed by atoms with E-state index in [9.17, 15) is 4.79 Å². The highest BCUT2D eigenvalue weighted by molar-refractivity contribution is 5.68. The molecule has 4 heteroatoms. The van der Waals surface area contributed by atoms with Gasteiger partial charge in [0, 0.05) is 26.1 Å². The Labute approximate surface area is 142 Å². The quantitative estimate of drug-likeness (QED) is 0.197. The Hall–Kier alpha value is -0.870. The predicted octanol–water partition coefficient (Wildman–Crippen LogP) is 4.87. The van der Waals surface area contributed by atoms with Gasteiger partial charge in [-0.05, 0) is 19.3 Å². The van der Waals surface area contributed by atoms with Crippen LogP contribution in [-0.2, 0) is 19.0 Å². The van der Waals surface area contributed by atoms with E-state index in [0.29, 0.717) is 6.42 Å². The van der Waals surface area contributed by atoms with Crippen LogP contribution in [-0.4, -0.2) is 33.6 Å². The minimum atomic E-state index is -0.205. The van der Waals surface area contributed by atoms with E-state index in [2.05, 4.69) is 30.7 Å². The molecule has 0 atom stereocenters. The van der Waals surface area contributed by atoms with Gasteiger partial charge in [0.05, 0.1) is 7.11 Å². The average molecular weight is 328 g/mol. The van der Waals surface area contributed by atoms with Crippen molar-refractivity contribution >= 4 is 5.97 Å². The number of allylic oxidation sites excluding steroid dienone is 1. The summed E-state index contributed by atoms with van der Waals surface area (Å²) in [7, 11) is 4.80. The molecule has 0 fully saturated rings. The van der Waals surface area contributed by atoms with Crippen LogP contribution >= 0.6 is 0 Å². The van der Waals surface area contributed by atoms with Crippen LogP contribution in [0.4, 0.5) is 0 Å². The highest BCUT2D eigenvalue weighted by Gasteiger charge is 2.26. The molecule has 23 heavy (non-hydrogen) atoms. The Morgan fingerprint density at radius 3 is 1.96 bits per heavy atom. The van der Waals surface area contributed by atoms with Crippen molar-refractivity contribution in [3.05, 3.63) is 12.2 Å². The number of hydrogen-bond acceptors (Lipinski definition) is 4. The van der Waals surface area contributed by atoms with Gasteiger partial charge in [-0.3, -0.25) is 4.79 Å². The van der Waals surface area contributed by atoms with Crippen LogP contribution in [0.25, 0.3) is 0 Å². The van der Waals surface area contributed by atoms with Crippen molar-refractivity contribution in [2.45, 2.75) is 77.9 Å². The van der Waals surface area contributed by atoms with Crippen LogP contribution in [0.3, 0.4) is 0 Å². The molecule has 0 amide bonds. The van der Waals surface area contributed by atoms with Crippen LogP contribution in [0, 0.1) is 5.41 Å². The monoisotopic (exact) mass is 328 g/mol. The average Bonchev–Trinajstić information content (AvgIpc) is 2.53. The molecule has 0 radical (unpaired) electrons. The predicted molar refractivity (Wildman–Crippen MR) is 94.3 cm³/mol. The Morgan fingerprint density at radius 1 is 0.913 bits per heavy atom. The molecule has 0 aromatic carbocycles. The molecule has 0 saturated carbocycles. The summed E-state index contributed by atoms with van der Waals surface area (Å²) in [6, 6.07) is 0. The van der Waals surface area contributed by atoms with Crippen LogP contribution in [0.1, 0.15) is 71.6 Å². The number of carbonyl (C=O) groups is 1. The zero-order chi connectivity index (χ0) is 17.6. The third-order valence-electron chi connectivity index (χ3n) is 4.06. The zero-order valence-corrected chi connectivity index (χ0v) is 15.7. The summed E-state index contributed by atoms with van der Waals surface area (Å²) < 4.78 is 15.3. The molecule has 0 bridgehead atoms. The lowest BCUT2D eigenvalue weighted by Gasteiger charge is -2.28. The van der Waals surface area contributed by atoms with Crippen molar-refractivity contribution in [3.63, 3.8) is 0 Å². The van der Waals surface area contributed by atoms with Crippen molar-refractivity contribution in [2.24, 2.45) is 5.41 Å². The highest BCUT2D eigenvalue weighted by atomic mass is 16.7. The van der Waals surface area contributed by atoms with Crippen molar-refractivity contribution < 1.29 is 19.0 Å². The molecule has 0 aliphatic carbocycles. The molecule has 0 aromatic rings. The molecule has 0 unspecified atom stereocenters. The summed E-state index contributed by atoms with van der Waals surface area (Å²) in [5.74, 6) is -0.0936. The lowest BCUT2D eigenvalue weighted by molar-refractivity contribution is -0.152. The molecule has 136 valence electrons. The van der Waals surface area contributed by atoms with Gasteiger partial charge < -0.3 is 14.2 Å². The molecule has 0 N–H and O–H groups in total. The Morgan fingerprint density at radius 2 is 1.43 bits per heavy atom. The Balaban J connectivity index is 3.55. The van der Waals surface area contributed by atoms with E-state index < -0.39 is 0 Å². The van der Waals surface area contributed by atoms with E-state index in [-0.39, 0.29) is 17.7 Å². The zero-order valence-electron chi connectivity index (χ0n) is 15.7. The van der Waals surface area contributed by atoms with Crippen LogP contribution < -0.4 is 0 Å². The fraction of sp³-hybridized carbons (Fsp3) is 0.842. The molecule has 0 aliphatic heterocycles. The first-order valence-electron chi connectivity index (χ1n) is 8.78. The largest absolute Gasteiger partial charge is 0.469 e. The maximum absolute atomic E-state index is 11.0. The number of methoxy groups -OCH3 is 3. The van der Waals surface area contributed by atoms with Crippen molar-refractivity contribution in [1.82, 2.24) is 0 Å². The molecular weight excluding hydrogens is 292 g/mol. The van der Waals surface area contributed by atoms with Gasteiger partial charge in [-0.2, -0.15) is 0 Å². The van der Waals surface area contributed by atoms with E-state index in [1.807, 2.05) is 0 Å². The van der Waals surface area contributed by atoms with E-state index in [4.69, 9.17) is 9.47 Å². The third-order valence-corrected chi connectivity index (χ3v) is 4.06. The molecule has 0 saturated heterocycles. The minimum Gasteiger partial charge on any atom is -0.469 e. The lowest BCUT2D eigenvalue weighted by Crippen LogP contribution is -2.30. The second-order valence-electron chi connectivity index (χ2n) is 6.62. The third kappa shape index (κ3) is 11.3. The maximum Gasteiger partial charge on any atom is 0.305 e. The van der Waals surface area contributed by atoms with E-state index >= 15 is 0 Å². The first-order chi connectivity index (χ1) is 11.0. The Bertz CT molecular complexity index is 319. The van der Waals surface area contributed by atoms with Crippen LogP contribution in [0.2, 0.25) is 0 Å². The van der Waals surface area contributed by atoms with Crippen molar-refractivity contribution in [1.29, 1.82) is 0 Å². The first-order valence-corrected chi connectivity index (χ1v) is 8.78. The van der Waals surface area contributed by atoms with Gasteiger partial charge in [0.15, 0.2) is 6.29 Å². The molecule has 0 heterocycles. The molecule has 0 aromatic heterocycles. The molecule has 0 rings (SSSR count). The summed E-state index contributed by atoms with van der Waals surface area (Å²) in [4.78, 5) is 11.0. The fourth-order valence-electron chi connectivity index (χ4n) is 2.69. The molecule has 0 aliphatic rings. The maximum atomic E-state index is 11.0. The second-order valence-corrected chi connectivity index (χ2v) is 6.62. The SMILES string of the molecule is COC(=O)CCCCCCCCCC=CC(C)(C)C(OC)OC. The summed E-state index contributed by atoms with van der Waals surface area (Å²) in [5, 5.41) is 0. The van der Waals surface area contributed by atoms with Gasteiger partial charge in [-0.25, -0.2) is 0 Å². The second kappa shape index (κ2) is 13.6. The van der Waals surface area contributed by atoms with Gasteiger partial charge >= 0.3 is 5.97 Å². The van der Waals surface area contributed by atoms with Gasteiger partial charge in [0.2, 0.25) is 0 Å². The van der Waals surface area contributed by atoms with E-state index in [1.54, 1.807) is 14.2 Å². The number of esters is 1. The number of hydrogen-bond donors (Lipinski definition) is 0. The number of ether oxygens (including phenoxy) is 3. The lowest BCUT2D eigenvalue weighted by atomic mass is 9.91. The normalized spacial score (nSPS) is 12.3. The van der Waals surface area contributed by atoms with Gasteiger partial charge in [-0.1, -0.05) is 58.1 Å². The molecular formula is C19H36O4. The molecule has 0 spiro atoms. The smallest absolute Gasteiger partial charge is 0.305 e. The topological polar surface area (TPSA) is 44.8 Å². The summed E-state index contributed by atoms with van der Waals surface area (Å²) in [6.07, 6.45) is 14.2. The highest BCUT2D eigenvalue weighted by Crippen LogP contribution is 2.25. The standard InChI is InChI=1S/C19H36O4/c1-19(2,18(22-4)23-5)16-14-12-10-8-6-7-9-11-13-15-17(20)21-3/h14,16,18H,6-13,15H2,1-5H3. The fourth-order valence-corrected chi connectivity index (χ4v) is 2.69. The van der Waals surface area contributed by atoms with E-state index in [1.165, 1.54) is 39.2 Å². The number of carbonyl (C=O) groups excluding carboxylic acids is 1. The minimum absolute atomic E-state index is 0.0936. The Kier molecular flexibility index (Phi) is 13.0. The summed E-state index contributed by atoms with van der Waals surface area (Å²) >= 11 is 0. The molecule has 4 nitrogen and oxygen atoms in total. The summed E-state index contributed by atoms with van der Waals surface area (Å²) in [6.45, 7) is 4.24. The number of unbranched alkanes of at least 4 members (excludes halogenated alkanes) is 7. The van der Waals surface area contributed by atoms with Crippen LogP contribution in [0.5, 0.6) is 0 Å². The van der Waals surface area contributed by atoms with Gasteiger partial charge in [-0.15, -0.1) is 0 Å². The van der Waals surface area contributed by atoms with E-state index in [0.717, 1.165) is 19.3 Å². The van der Waals surface area contributed by atoms with Gasteiger partial charge in [0.25, 0.3) is 0 Å². The number of rotatable bonds is 14. The van der Waals surface area contributed by atoms with Crippen LogP contribution in [0.15, 0.2) is 12.2 Å². The van der Waals surface area contributed by atoms with Gasteiger partial charge in [0.1, 0.15) is 0 Å². The van der Waals surface area contributed by atoms with Crippen molar-refractivity contribution in [2.75, 3.05) is 21.3 Å².